The maximum atomic E-state index is 12.8. The van der Waals surface area contributed by atoms with Gasteiger partial charge in [-0.1, -0.05) is 36.4 Å². The Balaban J connectivity index is 1.29. The number of tetrazole rings is 1. The summed E-state index contributed by atoms with van der Waals surface area (Å²) >= 11 is 0. The first-order chi connectivity index (χ1) is 15.7. The second-order valence-electron chi connectivity index (χ2n) is 7.45. The number of nitrogens with one attached hydrogen (secondary N) is 1. The molecule has 0 bridgehead atoms. The van der Waals surface area contributed by atoms with Crippen molar-refractivity contribution in [3.05, 3.63) is 83.8 Å². The number of hydrogen-bond donors (Lipinski definition) is 1. The topological polar surface area (TPSA) is 106 Å². The molecule has 0 spiro atoms. The zero-order valence-corrected chi connectivity index (χ0v) is 17.1. The van der Waals surface area contributed by atoms with Crippen LogP contribution in [0.15, 0.2) is 71.3 Å². The fraction of sp³-hybridized carbons (Fsp3) is 0.174. The Morgan fingerprint density at radius 2 is 1.81 bits per heavy atom. The molecule has 1 N–H and O–H groups in total. The lowest BCUT2D eigenvalue weighted by Gasteiger charge is -2.28. The number of furan rings is 1. The summed E-state index contributed by atoms with van der Waals surface area (Å²) in [6, 6.07) is 18.5. The fourth-order valence-electron chi connectivity index (χ4n) is 3.73. The van der Waals surface area contributed by atoms with E-state index in [1.165, 1.54) is 22.2 Å². The van der Waals surface area contributed by atoms with Crippen LogP contribution in [0.4, 0.5) is 5.69 Å². The number of carbonyl (C=O) groups excluding carboxylic acids is 2. The van der Waals surface area contributed by atoms with E-state index >= 15 is 0 Å². The lowest BCUT2D eigenvalue weighted by atomic mass is 10.00. The fourth-order valence-corrected chi connectivity index (χ4v) is 3.73. The van der Waals surface area contributed by atoms with Crippen LogP contribution in [-0.4, -0.2) is 43.5 Å². The van der Waals surface area contributed by atoms with Crippen molar-refractivity contribution in [3.63, 3.8) is 0 Å². The Kier molecular flexibility index (Phi) is 5.20. The molecule has 0 saturated heterocycles. The number of benzene rings is 2. The molecule has 0 atom stereocenters. The van der Waals surface area contributed by atoms with Crippen LogP contribution >= 0.6 is 0 Å². The SMILES string of the molecule is O=C(Nc1ccccc1-c1nnn(CC(=O)N2CCc3ccccc3C2)n1)c1ccco1. The lowest BCUT2D eigenvalue weighted by molar-refractivity contribution is -0.133. The van der Waals surface area contributed by atoms with Crippen LogP contribution in [-0.2, 0) is 24.3 Å². The van der Waals surface area contributed by atoms with Gasteiger partial charge in [-0.15, -0.1) is 10.2 Å². The van der Waals surface area contributed by atoms with Gasteiger partial charge in [0.05, 0.1) is 12.0 Å². The monoisotopic (exact) mass is 428 g/mol. The molecule has 1 aliphatic heterocycles. The maximum Gasteiger partial charge on any atom is 0.291 e. The molecule has 0 aliphatic carbocycles. The summed E-state index contributed by atoms with van der Waals surface area (Å²) in [6.45, 7) is 1.24. The van der Waals surface area contributed by atoms with Crippen LogP contribution in [0.1, 0.15) is 21.7 Å². The number of aromatic nitrogens is 4. The van der Waals surface area contributed by atoms with Crippen molar-refractivity contribution in [1.29, 1.82) is 0 Å². The van der Waals surface area contributed by atoms with Gasteiger partial charge in [0.2, 0.25) is 11.7 Å². The van der Waals surface area contributed by atoms with Crippen LogP contribution in [0.3, 0.4) is 0 Å². The minimum absolute atomic E-state index is 0.00388. The average Bonchev–Trinajstić information content (AvgIpc) is 3.52. The number of para-hydroxylation sites is 1. The van der Waals surface area contributed by atoms with E-state index in [0.29, 0.717) is 30.2 Å². The van der Waals surface area contributed by atoms with E-state index in [1.54, 1.807) is 30.3 Å². The van der Waals surface area contributed by atoms with Crippen molar-refractivity contribution >= 4 is 17.5 Å². The molecule has 9 nitrogen and oxygen atoms in total. The molecule has 5 rings (SSSR count). The summed E-state index contributed by atoms with van der Waals surface area (Å²) in [5, 5.41) is 15.3. The molecule has 1 aliphatic rings. The first-order valence-corrected chi connectivity index (χ1v) is 10.2. The summed E-state index contributed by atoms with van der Waals surface area (Å²) in [7, 11) is 0. The highest BCUT2D eigenvalue weighted by atomic mass is 16.3. The van der Waals surface area contributed by atoms with Gasteiger partial charge in [0, 0.05) is 18.7 Å². The summed E-state index contributed by atoms with van der Waals surface area (Å²) in [5.41, 5.74) is 3.57. The van der Waals surface area contributed by atoms with Crippen molar-refractivity contribution < 1.29 is 14.0 Å². The standard InChI is InChI=1S/C23H20N6O3/c30-21(28-12-11-16-6-1-2-7-17(16)14-28)15-29-26-22(25-27-29)18-8-3-4-9-19(18)24-23(31)20-10-5-13-32-20/h1-10,13H,11-12,14-15H2,(H,24,31). The normalized spacial score (nSPS) is 12.9. The highest BCUT2D eigenvalue weighted by Crippen LogP contribution is 2.25. The number of hydrogen-bond acceptors (Lipinski definition) is 6. The van der Waals surface area contributed by atoms with Gasteiger partial charge in [-0.3, -0.25) is 9.59 Å². The van der Waals surface area contributed by atoms with Crippen molar-refractivity contribution in [2.24, 2.45) is 0 Å². The van der Waals surface area contributed by atoms with Gasteiger partial charge in [0.1, 0.15) is 6.54 Å². The molecule has 0 unspecified atom stereocenters. The highest BCUT2D eigenvalue weighted by Gasteiger charge is 2.22. The zero-order valence-electron chi connectivity index (χ0n) is 17.1. The van der Waals surface area contributed by atoms with E-state index in [1.807, 2.05) is 23.1 Å². The van der Waals surface area contributed by atoms with Gasteiger partial charge in [0.25, 0.3) is 5.91 Å². The largest absolute Gasteiger partial charge is 0.459 e. The molecular formula is C23H20N6O3. The van der Waals surface area contributed by atoms with Crippen LogP contribution in [0.25, 0.3) is 11.4 Å². The molecule has 2 aromatic heterocycles. The van der Waals surface area contributed by atoms with Crippen LogP contribution in [0.2, 0.25) is 0 Å². The highest BCUT2D eigenvalue weighted by molar-refractivity contribution is 6.04. The van der Waals surface area contributed by atoms with Crippen molar-refractivity contribution in [3.8, 4) is 11.4 Å². The van der Waals surface area contributed by atoms with E-state index in [2.05, 4.69) is 32.9 Å². The number of anilines is 1. The van der Waals surface area contributed by atoms with E-state index in [-0.39, 0.29) is 24.1 Å². The number of carbonyl (C=O) groups is 2. The second kappa shape index (κ2) is 8.46. The van der Waals surface area contributed by atoms with E-state index in [0.717, 1.165) is 6.42 Å². The van der Waals surface area contributed by atoms with Crippen LogP contribution < -0.4 is 5.32 Å². The zero-order chi connectivity index (χ0) is 21.9. The molecule has 0 saturated carbocycles. The van der Waals surface area contributed by atoms with Crippen molar-refractivity contribution in [2.75, 3.05) is 11.9 Å². The lowest BCUT2D eigenvalue weighted by Crippen LogP contribution is -2.38. The van der Waals surface area contributed by atoms with Crippen LogP contribution in [0.5, 0.6) is 0 Å². The first-order valence-electron chi connectivity index (χ1n) is 10.2. The minimum atomic E-state index is -0.379. The van der Waals surface area contributed by atoms with Crippen molar-refractivity contribution in [2.45, 2.75) is 19.5 Å². The number of amides is 2. The van der Waals surface area contributed by atoms with Gasteiger partial charge in [-0.05, 0) is 47.0 Å². The van der Waals surface area contributed by atoms with Crippen molar-refractivity contribution in [1.82, 2.24) is 25.1 Å². The third-order valence-electron chi connectivity index (χ3n) is 5.37. The Hall–Kier alpha value is -4.27. The molecule has 2 aromatic carbocycles. The third-order valence-corrected chi connectivity index (χ3v) is 5.37. The second-order valence-corrected chi connectivity index (χ2v) is 7.45. The smallest absolute Gasteiger partial charge is 0.291 e. The molecule has 160 valence electrons. The van der Waals surface area contributed by atoms with E-state index < -0.39 is 0 Å². The molecule has 9 heteroatoms. The third kappa shape index (κ3) is 4.00. The quantitative estimate of drug-likeness (QED) is 0.524. The van der Waals surface area contributed by atoms with E-state index in [9.17, 15) is 9.59 Å². The van der Waals surface area contributed by atoms with Crippen LogP contribution in [0, 0.1) is 0 Å². The molecule has 0 radical (unpaired) electrons. The maximum absolute atomic E-state index is 12.8. The Bertz CT molecular complexity index is 1260. The first kappa shape index (κ1) is 19.7. The Labute approximate surface area is 183 Å². The average molecular weight is 428 g/mol. The summed E-state index contributed by atoms with van der Waals surface area (Å²) in [6.07, 6.45) is 2.27. The number of rotatable bonds is 5. The van der Waals surface area contributed by atoms with Gasteiger partial charge < -0.3 is 14.6 Å². The van der Waals surface area contributed by atoms with E-state index in [4.69, 9.17) is 4.42 Å². The Morgan fingerprint density at radius 3 is 2.66 bits per heavy atom. The molecule has 3 heterocycles. The van der Waals surface area contributed by atoms with Gasteiger partial charge >= 0.3 is 0 Å². The molecule has 32 heavy (non-hydrogen) atoms. The van der Waals surface area contributed by atoms with Gasteiger partial charge in [0.15, 0.2) is 5.76 Å². The van der Waals surface area contributed by atoms with Gasteiger partial charge in [-0.25, -0.2) is 0 Å². The molecule has 0 fully saturated rings. The molecule has 4 aromatic rings. The summed E-state index contributed by atoms with van der Waals surface area (Å²) in [5.74, 6) is 0.0699. The molecule has 2 amide bonds. The van der Waals surface area contributed by atoms with Gasteiger partial charge in [-0.2, -0.15) is 4.80 Å². The predicted octanol–water partition coefficient (Wildman–Crippen LogP) is 2.77. The molecular weight excluding hydrogens is 408 g/mol. The summed E-state index contributed by atoms with van der Waals surface area (Å²) < 4.78 is 5.14. The number of fused-ring (bicyclic) bond motifs is 1. The minimum Gasteiger partial charge on any atom is -0.459 e. The Morgan fingerprint density at radius 1 is 1.00 bits per heavy atom. The number of nitrogens with zero attached hydrogens (tertiary/aromatic N) is 5. The predicted molar refractivity (Wildman–Crippen MR) is 115 cm³/mol. The summed E-state index contributed by atoms with van der Waals surface area (Å²) in [4.78, 5) is 28.2.